The lowest BCUT2D eigenvalue weighted by Gasteiger charge is -2.32. The molecule has 0 saturated carbocycles. The maximum atomic E-state index is 12.6. The Morgan fingerprint density at radius 1 is 1.11 bits per heavy atom. The monoisotopic (exact) mass is 367 g/mol. The zero-order valence-corrected chi connectivity index (χ0v) is 15.9. The first kappa shape index (κ1) is 18.3. The van der Waals surface area contributed by atoms with Gasteiger partial charge in [-0.2, -0.15) is 0 Å². The molecular weight excluding hydrogens is 338 g/mol. The molecule has 1 aromatic carbocycles. The highest BCUT2D eigenvalue weighted by atomic mass is 16.3. The Labute approximate surface area is 161 Å². The standard InChI is InChI=1S/C22H29N3O2/c26-22(20-7-3-11-25(16-20)17-21-8-4-14-27-21)23-10-13-24-12-9-18-5-1-2-6-19(18)15-24/h1-2,4-6,8,14,20H,3,7,9-13,15-17H2,(H,23,26). The molecule has 1 unspecified atom stereocenters. The van der Waals surface area contributed by atoms with Crippen LogP contribution < -0.4 is 5.32 Å². The predicted octanol–water partition coefficient (Wildman–Crippen LogP) is 2.67. The van der Waals surface area contributed by atoms with Gasteiger partial charge in [0.1, 0.15) is 5.76 Å². The molecule has 1 aromatic heterocycles. The summed E-state index contributed by atoms with van der Waals surface area (Å²) in [6.07, 6.45) is 4.87. The van der Waals surface area contributed by atoms with Gasteiger partial charge in [-0.15, -0.1) is 0 Å². The van der Waals surface area contributed by atoms with E-state index in [2.05, 4.69) is 39.4 Å². The SMILES string of the molecule is O=C(NCCN1CCc2ccccc2C1)C1CCCN(Cc2ccco2)C1. The van der Waals surface area contributed by atoms with Gasteiger partial charge in [0, 0.05) is 32.7 Å². The van der Waals surface area contributed by atoms with Gasteiger partial charge >= 0.3 is 0 Å². The molecule has 0 spiro atoms. The van der Waals surface area contributed by atoms with E-state index in [1.807, 2.05) is 12.1 Å². The van der Waals surface area contributed by atoms with Gasteiger partial charge in [-0.1, -0.05) is 24.3 Å². The molecule has 0 radical (unpaired) electrons. The number of furan rings is 1. The Bertz CT molecular complexity index is 744. The van der Waals surface area contributed by atoms with Crippen molar-refractivity contribution < 1.29 is 9.21 Å². The van der Waals surface area contributed by atoms with Crippen LogP contribution in [-0.2, 0) is 24.3 Å². The lowest BCUT2D eigenvalue weighted by atomic mass is 9.97. The minimum absolute atomic E-state index is 0.0933. The van der Waals surface area contributed by atoms with Crippen molar-refractivity contribution >= 4 is 5.91 Å². The summed E-state index contributed by atoms with van der Waals surface area (Å²) in [6, 6.07) is 12.6. The van der Waals surface area contributed by atoms with Crippen molar-refractivity contribution in [1.82, 2.24) is 15.1 Å². The topological polar surface area (TPSA) is 48.7 Å². The van der Waals surface area contributed by atoms with Crippen LogP contribution in [0.15, 0.2) is 47.1 Å². The van der Waals surface area contributed by atoms with Crippen molar-refractivity contribution in [2.75, 3.05) is 32.7 Å². The number of amides is 1. The van der Waals surface area contributed by atoms with Crippen molar-refractivity contribution in [3.63, 3.8) is 0 Å². The van der Waals surface area contributed by atoms with Crippen molar-refractivity contribution in [3.8, 4) is 0 Å². The van der Waals surface area contributed by atoms with Crippen molar-refractivity contribution in [2.45, 2.75) is 32.4 Å². The third-order valence-electron chi connectivity index (χ3n) is 5.77. The smallest absolute Gasteiger partial charge is 0.224 e. The minimum atomic E-state index is 0.0933. The molecule has 1 fully saturated rings. The summed E-state index contributed by atoms with van der Waals surface area (Å²) in [4.78, 5) is 17.4. The lowest BCUT2D eigenvalue weighted by molar-refractivity contribution is -0.126. The van der Waals surface area contributed by atoms with E-state index < -0.39 is 0 Å². The summed E-state index contributed by atoms with van der Waals surface area (Å²) >= 11 is 0. The molecule has 0 aliphatic carbocycles. The Morgan fingerprint density at radius 2 is 2.00 bits per heavy atom. The van der Waals surface area contributed by atoms with Crippen LogP contribution in [0.4, 0.5) is 0 Å². The maximum absolute atomic E-state index is 12.6. The number of nitrogens with one attached hydrogen (secondary N) is 1. The third kappa shape index (κ3) is 4.79. The summed E-state index contributed by atoms with van der Waals surface area (Å²) in [5.41, 5.74) is 2.90. The van der Waals surface area contributed by atoms with Gasteiger partial charge in [0.15, 0.2) is 0 Å². The third-order valence-corrected chi connectivity index (χ3v) is 5.77. The molecule has 144 valence electrons. The first-order valence-electron chi connectivity index (χ1n) is 10.1. The zero-order valence-electron chi connectivity index (χ0n) is 15.9. The van der Waals surface area contributed by atoms with E-state index in [4.69, 9.17) is 4.42 Å². The van der Waals surface area contributed by atoms with Crippen molar-refractivity contribution in [2.24, 2.45) is 5.92 Å². The van der Waals surface area contributed by atoms with E-state index in [-0.39, 0.29) is 11.8 Å². The maximum Gasteiger partial charge on any atom is 0.224 e. The first-order chi connectivity index (χ1) is 13.3. The number of carbonyl (C=O) groups is 1. The fourth-order valence-electron chi connectivity index (χ4n) is 4.26. The van der Waals surface area contributed by atoms with Crippen LogP contribution in [0.3, 0.4) is 0 Å². The Balaban J connectivity index is 1.20. The molecule has 2 aliphatic heterocycles. The molecule has 1 atom stereocenters. The molecule has 1 saturated heterocycles. The van der Waals surface area contributed by atoms with Gasteiger partial charge in [-0.3, -0.25) is 14.6 Å². The van der Waals surface area contributed by atoms with E-state index >= 15 is 0 Å². The summed E-state index contributed by atoms with van der Waals surface area (Å²) in [7, 11) is 0. The van der Waals surface area contributed by atoms with Gasteiger partial charge < -0.3 is 9.73 Å². The molecule has 5 nitrogen and oxygen atoms in total. The van der Waals surface area contributed by atoms with Gasteiger partial charge in [0.05, 0.1) is 18.7 Å². The van der Waals surface area contributed by atoms with Crippen LogP contribution in [0.5, 0.6) is 0 Å². The number of piperidine rings is 1. The van der Waals surface area contributed by atoms with Gasteiger partial charge in [0.2, 0.25) is 5.91 Å². The molecule has 1 N–H and O–H groups in total. The van der Waals surface area contributed by atoms with Crippen molar-refractivity contribution in [1.29, 1.82) is 0 Å². The number of likely N-dealkylation sites (tertiary alicyclic amines) is 1. The number of hydrogen-bond donors (Lipinski definition) is 1. The molecule has 2 aromatic rings. The number of carbonyl (C=O) groups excluding carboxylic acids is 1. The van der Waals surface area contributed by atoms with Gasteiger partial charge in [-0.05, 0) is 49.1 Å². The Kier molecular flexibility index (Phi) is 5.90. The minimum Gasteiger partial charge on any atom is -0.468 e. The lowest BCUT2D eigenvalue weighted by Crippen LogP contribution is -2.44. The Hall–Kier alpha value is -2.11. The summed E-state index contributed by atoms with van der Waals surface area (Å²) in [5.74, 6) is 1.27. The molecule has 5 heteroatoms. The fourth-order valence-corrected chi connectivity index (χ4v) is 4.26. The predicted molar refractivity (Wildman–Crippen MR) is 105 cm³/mol. The highest BCUT2D eigenvalue weighted by Gasteiger charge is 2.26. The van der Waals surface area contributed by atoms with Gasteiger partial charge in [-0.25, -0.2) is 0 Å². The van der Waals surface area contributed by atoms with E-state index in [9.17, 15) is 4.79 Å². The van der Waals surface area contributed by atoms with Crippen LogP contribution in [0, 0.1) is 5.92 Å². The van der Waals surface area contributed by atoms with Crippen LogP contribution in [0.25, 0.3) is 0 Å². The average molecular weight is 367 g/mol. The van der Waals surface area contributed by atoms with E-state index in [1.165, 1.54) is 11.1 Å². The van der Waals surface area contributed by atoms with Gasteiger partial charge in [0.25, 0.3) is 0 Å². The molecule has 1 amide bonds. The quantitative estimate of drug-likeness (QED) is 0.853. The number of fused-ring (bicyclic) bond motifs is 1. The fraction of sp³-hybridized carbons (Fsp3) is 0.500. The first-order valence-corrected chi connectivity index (χ1v) is 10.1. The summed E-state index contributed by atoms with van der Waals surface area (Å²) in [6.45, 7) is 6.38. The molecular formula is C22H29N3O2. The second-order valence-corrected chi connectivity index (χ2v) is 7.74. The van der Waals surface area contributed by atoms with Crippen LogP contribution in [0.2, 0.25) is 0 Å². The zero-order chi connectivity index (χ0) is 18.5. The number of nitrogens with zero attached hydrogens (tertiary/aromatic N) is 2. The average Bonchev–Trinajstić information content (AvgIpc) is 3.21. The number of hydrogen-bond acceptors (Lipinski definition) is 4. The van der Waals surface area contributed by atoms with E-state index in [0.29, 0.717) is 0 Å². The molecule has 0 bridgehead atoms. The summed E-state index contributed by atoms with van der Waals surface area (Å²) < 4.78 is 5.44. The highest BCUT2D eigenvalue weighted by Crippen LogP contribution is 2.20. The van der Waals surface area contributed by atoms with Crippen molar-refractivity contribution in [3.05, 3.63) is 59.5 Å². The summed E-state index contributed by atoms with van der Waals surface area (Å²) in [5, 5.41) is 3.17. The highest BCUT2D eigenvalue weighted by molar-refractivity contribution is 5.78. The molecule has 2 aliphatic rings. The molecule has 4 rings (SSSR count). The second-order valence-electron chi connectivity index (χ2n) is 7.74. The Morgan fingerprint density at radius 3 is 2.85 bits per heavy atom. The number of rotatable bonds is 6. The normalized spacial score (nSPS) is 21.0. The van der Waals surface area contributed by atoms with E-state index in [0.717, 1.165) is 70.8 Å². The second kappa shape index (κ2) is 8.72. The van der Waals surface area contributed by atoms with Crippen LogP contribution >= 0.6 is 0 Å². The van der Waals surface area contributed by atoms with Crippen LogP contribution in [0.1, 0.15) is 29.7 Å². The number of benzene rings is 1. The van der Waals surface area contributed by atoms with E-state index in [1.54, 1.807) is 6.26 Å². The largest absolute Gasteiger partial charge is 0.468 e. The molecule has 27 heavy (non-hydrogen) atoms. The molecule has 3 heterocycles. The van der Waals surface area contributed by atoms with Crippen LogP contribution in [-0.4, -0.2) is 48.4 Å².